The van der Waals surface area contributed by atoms with E-state index in [-0.39, 0.29) is 11.9 Å². The number of benzene rings is 1. The van der Waals surface area contributed by atoms with Gasteiger partial charge in [0, 0.05) is 11.6 Å². The molecule has 0 spiro atoms. The topological polar surface area (TPSA) is 29.5 Å². The van der Waals surface area contributed by atoms with E-state index in [1.807, 2.05) is 0 Å². The maximum atomic E-state index is 13.3. The fourth-order valence-electron chi connectivity index (χ4n) is 2.49. The first-order valence-corrected chi connectivity index (χ1v) is 6.81. The van der Waals surface area contributed by atoms with E-state index in [1.165, 1.54) is 37.8 Å². The zero-order valence-electron chi connectivity index (χ0n) is 10.9. The minimum atomic E-state index is -0.633. The van der Waals surface area contributed by atoms with Crippen LogP contribution in [-0.2, 0) is 0 Å². The molecule has 1 atom stereocenters. The third-order valence-electron chi connectivity index (χ3n) is 3.52. The molecule has 0 bridgehead atoms. The highest BCUT2D eigenvalue weighted by molar-refractivity contribution is 5.35. The maximum Gasteiger partial charge on any atom is 0.128 e. The van der Waals surface area contributed by atoms with E-state index in [4.69, 9.17) is 4.74 Å². The van der Waals surface area contributed by atoms with Crippen molar-refractivity contribution in [2.24, 2.45) is 0 Å². The van der Waals surface area contributed by atoms with E-state index < -0.39 is 6.10 Å². The number of rotatable bonds is 3. The van der Waals surface area contributed by atoms with Gasteiger partial charge in [-0.05, 0) is 44.7 Å². The molecule has 1 aromatic carbocycles. The second-order valence-electron chi connectivity index (χ2n) is 5.09. The predicted octanol–water partition coefficient (Wildman–Crippen LogP) is 3.98. The summed E-state index contributed by atoms with van der Waals surface area (Å²) in [5.41, 5.74) is 0.667. The second-order valence-corrected chi connectivity index (χ2v) is 5.09. The van der Waals surface area contributed by atoms with E-state index in [0.29, 0.717) is 11.3 Å². The van der Waals surface area contributed by atoms with Gasteiger partial charge in [-0.15, -0.1) is 0 Å². The van der Waals surface area contributed by atoms with Crippen molar-refractivity contribution in [3.63, 3.8) is 0 Å². The molecule has 0 aromatic heterocycles. The van der Waals surface area contributed by atoms with Crippen LogP contribution in [0.5, 0.6) is 5.75 Å². The summed E-state index contributed by atoms with van der Waals surface area (Å²) in [6, 6.07) is 4.35. The SMILES string of the molecule is C[C@H](O)c1ccc(F)cc1OC1CCCCCC1. The zero-order chi connectivity index (χ0) is 13.0. The van der Waals surface area contributed by atoms with Crippen LogP contribution in [0, 0.1) is 5.82 Å². The molecular weight excluding hydrogens is 231 g/mol. The van der Waals surface area contributed by atoms with Crippen molar-refractivity contribution in [1.82, 2.24) is 0 Å². The molecule has 1 fully saturated rings. The zero-order valence-corrected chi connectivity index (χ0v) is 10.9. The molecule has 1 aliphatic rings. The Morgan fingerprint density at radius 1 is 1.22 bits per heavy atom. The van der Waals surface area contributed by atoms with Crippen LogP contribution in [0.25, 0.3) is 0 Å². The summed E-state index contributed by atoms with van der Waals surface area (Å²) in [7, 11) is 0. The molecule has 0 aliphatic heterocycles. The second kappa shape index (κ2) is 6.19. The fourth-order valence-corrected chi connectivity index (χ4v) is 2.49. The van der Waals surface area contributed by atoms with E-state index in [0.717, 1.165) is 12.8 Å². The van der Waals surface area contributed by atoms with Crippen molar-refractivity contribution in [1.29, 1.82) is 0 Å². The molecule has 1 aromatic rings. The Kier molecular flexibility index (Phi) is 4.59. The Bertz CT molecular complexity index is 382. The molecule has 1 N–H and O–H groups in total. The number of hydrogen-bond donors (Lipinski definition) is 1. The van der Waals surface area contributed by atoms with Gasteiger partial charge < -0.3 is 9.84 Å². The Hall–Kier alpha value is -1.09. The van der Waals surface area contributed by atoms with E-state index >= 15 is 0 Å². The third-order valence-corrected chi connectivity index (χ3v) is 3.52. The van der Waals surface area contributed by atoms with Gasteiger partial charge in [0.2, 0.25) is 0 Å². The summed E-state index contributed by atoms with van der Waals surface area (Å²) >= 11 is 0. The highest BCUT2D eigenvalue weighted by Crippen LogP contribution is 2.29. The molecule has 0 radical (unpaired) electrons. The van der Waals surface area contributed by atoms with Crippen molar-refractivity contribution >= 4 is 0 Å². The summed E-state index contributed by atoms with van der Waals surface area (Å²) in [6.45, 7) is 1.67. The van der Waals surface area contributed by atoms with Crippen LogP contribution in [-0.4, -0.2) is 11.2 Å². The van der Waals surface area contributed by atoms with Gasteiger partial charge in [-0.1, -0.05) is 12.8 Å². The summed E-state index contributed by atoms with van der Waals surface area (Å²) in [5.74, 6) is 0.180. The third kappa shape index (κ3) is 3.45. The van der Waals surface area contributed by atoms with Gasteiger partial charge in [-0.25, -0.2) is 4.39 Å². The highest BCUT2D eigenvalue weighted by atomic mass is 19.1. The standard InChI is InChI=1S/C15H21FO2/c1-11(17)14-9-8-12(16)10-15(14)18-13-6-4-2-3-5-7-13/h8-11,13,17H,2-7H2,1H3/t11-/m0/s1. The number of hydrogen-bond acceptors (Lipinski definition) is 2. The lowest BCUT2D eigenvalue weighted by Crippen LogP contribution is -2.16. The molecule has 2 rings (SSSR count). The highest BCUT2D eigenvalue weighted by Gasteiger charge is 2.17. The minimum absolute atomic E-state index is 0.159. The van der Waals surface area contributed by atoms with Gasteiger partial charge in [-0.2, -0.15) is 0 Å². The number of aliphatic hydroxyl groups is 1. The normalized spacial score (nSPS) is 19.3. The van der Waals surface area contributed by atoms with Crippen LogP contribution in [0.3, 0.4) is 0 Å². The summed E-state index contributed by atoms with van der Waals surface area (Å²) in [6.07, 6.45) is 6.43. The smallest absolute Gasteiger partial charge is 0.128 e. The van der Waals surface area contributed by atoms with Gasteiger partial charge in [0.15, 0.2) is 0 Å². The monoisotopic (exact) mass is 252 g/mol. The summed E-state index contributed by atoms with van der Waals surface area (Å²) in [4.78, 5) is 0. The van der Waals surface area contributed by atoms with Crippen LogP contribution < -0.4 is 4.74 Å². The molecule has 0 heterocycles. The van der Waals surface area contributed by atoms with Crippen molar-refractivity contribution in [3.05, 3.63) is 29.6 Å². The molecule has 1 aliphatic carbocycles. The molecule has 1 saturated carbocycles. The Morgan fingerprint density at radius 2 is 1.89 bits per heavy atom. The lowest BCUT2D eigenvalue weighted by atomic mass is 10.1. The fraction of sp³-hybridized carbons (Fsp3) is 0.600. The molecule has 3 heteroatoms. The lowest BCUT2D eigenvalue weighted by molar-refractivity contribution is 0.161. The van der Waals surface area contributed by atoms with Gasteiger partial charge >= 0.3 is 0 Å². The van der Waals surface area contributed by atoms with Crippen molar-refractivity contribution in [2.45, 2.75) is 57.7 Å². The van der Waals surface area contributed by atoms with Gasteiger partial charge in [-0.3, -0.25) is 0 Å². The number of halogens is 1. The maximum absolute atomic E-state index is 13.3. The van der Waals surface area contributed by atoms with E-state index in [9.17, 15) is 9.50 Å². The quantitative estimate of drug-likeness (QED) is 0.824. The lowest BCUT2D eigenvalue weighted by Gasteiger charge is -2.20. The van der Waals surface area contributed by atoms with Crippen molar-refractivity contribution in [2.75, 3.05) is 0 Å². The van der Waals surface area contributed by atoms with Gasteiger partial charge in [0.05, 0.1) is 12.2 Å². The van der Waals surface area contributed by atoms with Crippen LogP contribution in [0.15, 0.2) is 18.2 Å². The van der Waals surface area contributed by atoms with Gasteiger partial charge in [0.25, 0.3) is 0 Å². The summed E-state index contributed by atoms with van der Waals surface area (Å²) in [5, 5.41) is 9.68. The van der Waals surface area contributed by atoms with Crippen molar-refractivity contribution in [3.8, 4) is 5.75 Å². The van der Waals surface area contributed by atoms with E-state index in [2.05, 4.69) is 0 Å². The molecule has 100 valence electrons. The number of ether oxygens (including phenoxy) is 1. The molecule has 0 amide bonds. The molecule has 2 nitrogen and oxygen atoms in total. The Morgan fingerprint density at radius 3 is 2.50 bits per heavy atom. The Balaban J connectivity index is 2.13. The molecule has 18 heavy (non-hydrogen) atoms. The van der Waals surface area contributed by atoms with Crippen LogP contribution >= 0.6 is 0 Å². The first-order valence-electron chi connectivity index (χ1n) is 6.81. The minimum Gasteiger partial charge on any atom is -0.490 e. The van der Waals surface area contributed by atoms with Crippen LogP contribution in [0.2, 0.25) is 0 Å². The predicted molar refractivity (Wildman–Crippen MR) is 69.2 cm³/mol. The Labute approximate surface area is 108 Å². The molecule has 0 unspecified atom stereocenters. The first-order chi connectivity index (χ1) is 8.66. The number of aliphatic hydroxyl groups excluding tert-OH is 1. The van der Waals surface area contributed by atoms with E-state index in [1.54, 1.807) is 13.0 Å². The van der Waals surface area contributed by atoms with Crippen LogP contribution in [0.1, 0.15) is 57.1 Å². The molecule has 0 saturated heterocycles. The molecular formula is C15H21FO2. The average Bonchev–Trinajstić information content (AvgIpc) is 2.57. The summed E-state index contributed by atoms with van der Waals surface area (Å²) < 4.78 is 19.2. The largest absolute Gasteiger partial charge is 0.490 e. The first kappa shape index (κ1) is 13.3. The van der Waals surface area contributed by atoms with Gasteiger partial charge in [0.1, 0.15) is 11.6 Å². The van der Waals surface area contributed by atoms with Crippen molar-refractivity contribution < 1.29 is 14.2 Å². The average molecular weight is 252 g/mol. The van der Waals surface area contributed by atoms with Crippen LogP contribution in [0.4, 0.5) is 4.39 Å².